The van der Waals surface area contributed by atoms with Crippen LogP contribution in [0.25, 0.3) is 0 Å². The van der Waals surface area contributed by atoms with E-state index in [1.807, 2.05) is 0 Å². The van der Waals surface area contributed by atoms with Crippen molar-refractivity contribution in [3.63, 3.8) is 0 Å². The Kier molecular flexibility index (Phi) is 10.2. The molecule has 19 heavy (non-hydrogen) atoms. The molecule has 108 valence electrons. The highest BCUT2D eigenvalue weighted by atomic mass is 35.5. The first-order chi connectivity index (χ1) is 9.02. The Morgan fingerprint density at radius 1 is 0.947 bits per heavy atom. The Hall–Kier alpha value is -1.04. The third-order valence-corrected chi connectivity index (χ3v) is 2.25. The summed E-state index contributed by atoms with van der Waals surface area (Å²) in [6, 6.07) is 0. The summed E-state index contributed by atoms with van der Waals surface area (Å²) >= 11 is 10.5. The van der Waals surface area contributed by atoms with Gasteiger partial charge in [0, 0.05) is 11.1 Å². The van der Waals surface area contributed by atoms with Gasteiger partial charge in [0.1, 0.15) is 13.2 Å². The summed E-state index contributed by atoms with van der Waals surface area (Å²) in [5.74, 6) is -1.18. The van der Waals surface area contributed by atoms with Crippen molar-refractivity contribution in [3.8, 4) is 0 Å². The Balaban J connectivity index is 4.05. The highest BCUT2D eigenvalue weighted by molar-refractivity contribution is 6.25. The van der Waals surface area contributed by atoms with Gasteiger partial charge >= 0.3 is 11.9 Å². The Morgan fingerprint density at radius 3 is 1.63 bits per heavy atom. The van der Waals surface area contributed by atoms with Gasteiger partial charge in [0.05, 0.1) is 0 Å². The van der Waals surface area contributed by atoms with Crippen LogP contribution in [0.4, 0.5) is 0 Å². The van der Waals surface area contributed by atoms with Gasteiger partial charge in [-0.15, -0.1) is 0 Å². The molecule has 0 aromatic heterocycles. The van der Waals surface area contributed by atoms with Gasteiger partial charge in [0.15, 0.2) is 12.2 Å². The van der Waals surface area contributed by atoms with Crippen LogP contribution in [0, 0.1) is 0 Å². The average molecular weight is 311 g/mol. The normalized spacial score (nSPS) is 14.5. The van der Waals surface area contributed by atoms with E-state index in [-0.39, 0.29) is 13.2 Å². The molecule has 0 spiro atoms. The average Bonchev–Trinajstić information content (AvgIpc) is 2.38. The van der Waals surface area contributed by atoms with Crippen LogP contribution in [0.2, 0.25) is 0 Å². The van der Waals surface area contributed by atoms with Crippen LogP contribution in [0.3, 0.4) is 0 Å². The molecule has 0 aromatic carbocycles. The predicted molar refractivity (Wildman–Crippen MR) is 71.9 cm³/mol. The number of rotatable bonds is 8. The quantitative estimate of drug-likeness (QED) is 0.644. The van der Waals surface area contributed by atoms with E-state index in [1.54, 1.807) is 0 Å². The lowest BCUT2D eigenvalue weighted by molar-refractivity contribution is -0.168. The molecule has 2 atom stereocenters. The topological polar surface area (TPSA) is 61.8 Å². The van der Waals surface area contributed by atoms with Gasteiger partial charge in [0.25, 0.3) is 0 Å². The molecule has 0 N–H and O–H groups in total. The van der Waals surface area contributed by atoms with Crippen molar-refractivity contribution in [2.75, 3.05) is 13.2 Å². The van der Waals surface area contributed by atoms with Crippen molar-refractivity contribution >= 4 is 35.1 Å². The molecular formula is C12H16Cl2O5. The molecule has 5 nitrogen and oxygen atoms in total. The molecule has 0 amide bonds. The molecule has 0 aliphatic heterocycles. The molecule has 0 saturated heterocycles. The molecule has 0 aromatic rings. The maximum Gasteiger partial charge on any atom is 0.335 e. The second kappa shape index (κ2) is 10.8. The molecule has 0 bridgehead atoms. The smallest absolute Gasteiger partial charge is 0.335 e. The minimum Gasteiger partial charge on any atom is -0.459 e. The SMILES string of the molecule is CC(OC(C)C(=O)OCC=CCl)C(=O)OCC=CCl. The molecule has 0 radical (unpaired) electrons. The summed E-state index contributed by atoms with van der Waals surface area (Å²) in [6.07, 6.45) is 1.16. The van der Waals surface area contributed by atoms with Crippen LogP contribution in [0.1, 0.15) is 13.8 Å². The largest absolute Gasteiger partial charge is 0.459 e. The first-order valence-electron chi connectivity index (χ1n) is 5.52. The van der Waals surface area contributed by atoms with Crippen LogP contribution in [0.5, 0.6) is 0 Å². The highest BCUT2D eigenvalue weighted by Gasteiger charge is 2.22. The number of carbonyl (C=O) groups excluding carboxylic acids is 2. The van der Waals surface area contributed by atoms with Crippen LogP contribution in [0.15, 0.2) is 23.2 Å². The number of carbonyl (C=O) groups is 2. The van der Waals surface area contributed by atoms with Gasteiger partial charge in [-0.25, -0.2) is 9.59 Å². The molecule has 2 unspecified atom stereocenters. The zero-order chi connectivity index (χ0) is 14.7. The summed E-state index contributed by atoms with van der Waals surface area (Å²) in [5, 5.41) is 0. The molecule has 0 saturated carbocycles. The molecule has 0 heterocycles. The van der Waals surface area contributed by atoms with E-state index in [2.05, 4.69) is 0 Å². The molecule has 7 heteroatoms. The minimum absolute atomic E-state index is 0.0510. The number of hydrogen-bond donors (Lipinski definition) is 0. The van der Waals surface area contributed by atoms with Crippen LogP contribution >= 0.6 is 23.2 Å². The van der Waals surface area contributed by atoms with E-state index >= 15 is 0 Å². The number of esters is 2. The van der Waals surface area contributed by atoms with Crippen LogP contribution < -0.4 is 0 Å². The third kappa shape index (κ3) is 8.64. The van der Waals surface area contributed by atoms with Crippen molar-refractivity contribution in [1.82, 2.24) is 0 Å². The summed E-state index contributed by atoms with van der Waals surface area (Å²) in [7, 11) is 0. The van der Waals surface area contributed by atoms with Gasteiger partial charge < -0.3 is 14.2 Å². The summed E-state index contributed by atoms with van der Waals surface area (Å²) in [5.41, 5.74) is 2.48. The van der Waals surface area contributed by atoms with Crippen molar-refractivity contribution < 1.29 is 23.8 Å². The summed E-state index contributed by atoms with van der Waals surface area (Å²) in [4.78, 5) is 22.9. The first kappa shape index (κ1) is 18.0. The van der Waals surface area contributed by atoms with Crippen molar-refractivity contribution in [3.05, 3.63) is 23.2 Å². The second-order valence-corrected chi connectivity index (χ2v) is 3.91. The maximum absolute atomic E-state index is 11.4. The van der Waals surface area contributed by atoms with E-state index < -0.39 is 24.1 Å². The van der Waals surface area contributed by atoms with Gasteiger partial charge in [-0.3, -0.25) is 0 Å². The van der Waals surface area contributed by atoms with E-state index in [1.165, 1.54) is 37.1 Å². The van der Waals surface area contributed by atoms with Crippen molar-refractivity contribution in [2.24, 2.45) is 0 Å². The Bertz CT molecular complexity index is 309. The van der Waals surface area contributed by atoms with E-state index in [4.69, 9.17) is 37.4 Å². The zero-order valence-corrected chi connectivity index (χ0v) is 12.2. The van der Waals surface area contributed by atoms with Gasteiger partial charge in [-0.05, 0) is 26.0 Å². The molecule has 0 aliphatic carbocycles. The molecule has 0 rings (SSSR count). The van der Waals surface area contributed by atoms with E-state index in [9.17, 15) is 9.59 Å². The zero-order valence-electron chi connectivity index (χ0n) is 10.7. The first-order valence-corrected chi connectivity index (χ1v) is 6.39. The number of ether oxygens (including phenoxy) is 3. The molecule has 0 fully saturated rings. The van der Waals surface area contributed by atoms with Crippen molar-refractivity contribution in [1.29, 1.82) is 0 Å². The lowest BCUT2D eigenvalue weighted by Gasteiger charge is -2.16. The summed E-state index contributed by atoms with van der Waals surface area (Å²) in [6.45, 7) is 3.06. The summed E-state index contributed by atoms with van der Waals surface area (Å²) < 4.78 is 14.8. The van der Waals surface area contributed by atoms with Crippen LogP contribution in [-0.2, 0) is 23.8 Å². The fourth-order valence-corrected chi connectivity index (χ4v) is 1.13. The van der Waals surface area contributed by atoms with Gasteiger partial charge in [-0.1, -0.05) is 23.2 Å². The lowest BCUT2D eigenvalue weighted by Crippen LogP contribution is -2.32. The van der Waals surface area contributed by atoms with Gasteiger partial charge in [-0.2, -0.15) is 0 Å². The maximum atomic E-state index is 11.4. The highest BCUT2D eigenvalue weighted by Crippen LogP contribution is 2.03. The lowest BCUT2D eigenvalue weighted by atomic mass is 10.3. The second-order valence-electron chi connectivity index (χ2n) is 3.40. The van der Waals surface area contributed by atoms with Crippen molar-refractivity contribution in [2.45, 2.75) is 26.1 Å². The standard InChI is InChI=1S/C12H16Cl2O5/c1-9(11(15)17-7-3-5-13)19-10(2)12(16)18-8-4-6-14/h3-6,9-10H,7-8H2,1-2H3. The fourth-order valence-electron chi connectivity index (χ4n) is 0.985. The molecule has 0 aliphatic rings. The van der Waals surface area contributed by atoms with Crippen LogP contribution in [-0.4, -0.2) is 37.4 Å². The Morgan fingerprint density at radius 2 is 1.32 bits per heavy atom. The predicted octanol–water partition coefficient (Wildman–Crippen LogP) is 2.37. The minimum atomic E-state index is -0.880. The van der Waals surface area contributed by atoms with E-state index in [0.717, 1.165) is 0 Å². The fraction of sp³-hybridized carbons (Fsp3) is 0.500. The number of halogens is 2. The van der Waals surface area contributed by atoms with Gasteiger partial charge in [0.2, 0.25) is 0 Å². The Labute approximate surface area is 122 Å². The molecular weight excluding hydrogens is 295 g/mol. The third-order valence-electron chi connectivity index (χ3n) is 1.89. The number of hydrogen-bond acceptors (Lipinski definition) is 5. The monoisotopic (exact) mass is 310 g/mol. The van der Waals surface area contributed by atoms with E-state index in [0.29, 0.717) is 0 Å².